The Morgan fingerprint density at radius 1 is 1.06 bits per heavy atom. The fraction of sp³-hybridized carbons (Fsp3) is 0.375. The van der Waals surface area contributed by atoms with Gasteiger partial charge in [0.15, 0.2) is 11.5 Å². The number of ether oxygens (including phenoxy) is 2. The first kappa shape index (κ1) is 25.5. The van der Waals surface area contributed by atoms with Gasteiger partial charge in [-0.15, -0.1) is 0 Å². The van der Waals surface area contributed by atoms with Gasteiger partial charge < -0.3 is 24.3 Å². The predicted octanol–water partition coefficient (Wildman–Crippen LogP) is 2.89. The lowest BCUT2D eigenvalue weighted by Gasteiger charge is -2.26. The van der Waals surface area contributed by atoms with E-state index in [2.05, 4.69) is 5.32 Å². The highest BCUT2D eigenvalue weighted by molar-refractivity contribution is 7.89. The minimum absolute atomic E-state index is 0.0124. The highest BCUT2D eigenvalue weighted by atomic mass is 32.2. The Labute approximate surface area is 199 Å². The number of hydrogen-bond acceptors (Lipinski definition) is 7. The van der Waals surface area contributed by atoms with E-state index in [1.165, 1.54) is 43.0 Å². The second-order valence-electron chi connectivity index (χ2n) is 8.27. The topological polar surface area (TPSA) is 118 Å². The molecule has 2 N–H and O–H groups in total. The zero-order valence-electron chi connectivity index (χ0n) is 19.6. The highest BCUT2D eigenvalue weighted by Gasteiger charge is 2.28. The van der Waals surface area contributed by atoms with Crippen molar-refractivity contribution in [2.75, 3.05) is 33.9 Å². The smallest absolute Gasteiger partial charge is 0.251 e. The molecule has 10 heteroatoms. The molecule has 9 nitrogen and oxygen atoms in total. The molecule has 0 aliphatic carbocycles. The van der Waals surface area contributed by atoms with Gasteiger partial charge in [-0.25, -0.2) is 8.42 Å². The van der Waals surface area contributed by atoms with Crippen LogP contribution >= 0.6 is 0 Å². The molecule has 0 radical (unpaired) electrons. The second-order valence-corrected chi connectivity index (χ2v) is 10.2. The molecule has 0 bridgehead atoms. The maximum Gasteiger partial charge on any atom is 0.251 e. The number of aliphatic hydroxyl groups excluding tert-OH is 1. The molecule has 34 heavy (non-hydrogen) atoms. The first-order valence-electron chi connectivity index (χ1n) is 10.8. The summed E-state index contributed by atoms with van der Waals surface area (Å²) in [6.45, 7) is 3.67. The Kier molecular flexibility index (Phi) is 8.19. The van der Waals surface area contributed by atoms with Crippen LogP contribution in [0.1, 0.15) is 24.2 Å². The number of nitrogens with zero attached hydrogens (tertiary/aromatic N) is 1. The molecule has 0 fully saturated rings. The van der Waals surface area contributed by atoms with Crippen LogP contribution in [0, 0.1) is 5.92 Å². The van der Waals surface area contributed by atoms with Crippen LogP contribution in [0.15, 0.2) is 58.0 Å². The molecule has 1 atom stereocenters. The highest BCUT2D eigenvalue weighted by Crippen LogP contribution is 2.31. The molecular formula is C24H30N2O7S. The third-order valence-corrected chi connectivity index (χ3v) is 7.02. The first-order valence-corrected chi connectivity index (χ1v) is 12.3. The third kappa shape index (κ3) is 5.88. The summed E-state index contributed by atoms with van der Waals surface area (Å²) in [6, 6.07) is 11.1. The standard InChI is InChI=1S/C24H30N2O7S/c1-16(2)14-26(34(29,30)20-6-8-22(31-3)23(12-20)32-4)15-19(27)13-25-24(28)18-5-7-21-17(11-18)9-10-33-21/h5-12,16,19,27H,13-15H2,1-4H3,(H,25,28)/t19-/m0/s1. The summed E-state index contributed by atoms with van der Waals surface area (Å²) in [7, 11) is -1.05. The number of nitrogens with one attached hydrogen (secondary N) is 1. The molecule has 1 aromatic heterocycles. The second kappa shape index (κ2) is 10.9. The van der Waals surface area contributed by atoms with Gasteiger partial charge in [-0.05, 0) is 42.3 Å². The van der Waals surface area contributed by atoms with Crippen LogP contribution in [0.3, 0.4) is 0 Å². The van der Waals surface area contributed by atoms with Crippen molar-refractivity contribution in [2.45, 2.75) is 24.8 Å². The van der Waals surface area contributed by atoms with Gasteiger partial charge in [0.2, 0.25) is 10.0 Å². The van der Waals surface area contributed by atoms with Crippen molar-refractivity contribution in [2.24, 2.45) is 5.92 Å². The van der Waals surface area contributed by atoms with Crippen molar-refractivity contribution in [3.05, 3.63) is 54.3 Å². The van der Waals surface area contributed by atoms with E-state index in [0.717, 1.165) is 5.39 Å². The van der Waals surface area contributed by atoms with E-state index < -0.39 is 16.1 Å². The number of aliphatic hydroxyl groups is 1. The lowest BCUT2D eigenvalue weighted by atomic mass is 10.1. The number of amides is 1. The molecule has 0 spiro atoms. The van der Waals surface area contributed by atoms with Gasteiger partial charge in [0.05, 0.1) is 31.5 Å². The van der Waals surface area contributed by atoms with Crippen LogP contribution in [-0.2, 0) is 10.0 Å². The van der Waals surface area contributed by atoms with E-state index in [1.54, 1.807) is 24.3 Å². The molecule has 0 aliphatic rings. The minimum Gasteiger partial charge on any atom is -0.493 e. The van der Waals surface area contributed by atoms with Crippen molar-refractivity contribution in [3.8, 4) is 11.5 Å². The average molecular weight is 491 g/mol. The van der Waals surface area contributed by atoms with Crippen molar-refractivity contribution in [1.82, 2.24) is 9.62 Å². The molecule has 0 unspecified atom stereocenters. The number of furan rings is 1. The van der Waals surface area contributed by atoms with Gasteiger partial charge in [0.25, 0.3) is 5.91 Å². The Morgan fingerprint density at radius 2 is 1.79 bits per heavy atom. The van der Waals surface area contributed by atoms with E-state index in [-0.39, 0.29) is 42.1 Å². The fourth-order valence-corrected chi connectivity index (χ4v) is 5.18. The molecule has 1 amide bonds. The number of hydrogen-bond donors (Lipinski definition) is 2. The number of benzene rings is 2. The van der Waals surface area contributed by atoms with E-state index in [4.69, 9.17) is 13.9 Å². The fourth-order valence-electron chi connectivity index (χ4n) is 3.52. The molecule has 0 saturated heterocycles. The Bertz CT molecular complexity index is 1240. The van der Waals surface area contributed by atoms with Crippen LogP contribution in [0.4, 0.5) is 0 Å². The number of carbonyl (C=O) groups is 1. The molecule has 0 saturated carbocycles. The number of carbonyl (C=O) groups excluding carboxylic acids is 1. The van der Waals surface area contributed by atoms with Gasteiger partial charge in [-0.3, -0.25) is 4.79 Å². The average Bonchev–Trinajstić information content (AvgIpc) is 3.29. The molecule has 184 valence electrons. The zero-order valence-corrected chi connectivity index (χ0v) is 20.5. The minimum atomic E-state index is -3.94. The molecular weight excluding hydrogens is 460 g/mol. The van der Waals surface area contributed by atoms with Crippen LogP contribution in [0.25, 0.3) is 11.0 Å². The van der Waals surface area contributed by atoms with Crippen molar-refractivity contribution in [3.63, 3.8) is 0 Å². The van der Waals surface area contributed by atoms with Crippen LogP contribution in [0.5, 0.6) is 11.5 Å². The van der Waals surface area contributed by atoms with Crippen LogP contribution in [0.2, 0.25) is 0 Å². The monoisotopic (exact) mass is 490 g/mol. The quantitative estimate of drug-likeness (QED) is 0.424. The summed E-state index contributed by atoms with van der Waals surface area (Å²) in [4.78, 5) is 12.5. The first-order chi connectivity index (χ1) is 16.1. The van der Waals surface area contributed by atoms with Crippen molar-refractivity contribution < 1.29 is 32.2 Å². The van der Waals surface area contributed by atoms with Gasteiger partial charge in [-0.2, -0.15) is 4.31 Å². The maximum absolute atomic E-state index is 13.4. The Hall–Kier alpha value is -3.08. The van der Waals surface area contributed by atoms with Crippen molar-refractivity contribution >= 4 is 26.9 Å². The van der Waals surface area contributed by atoms with Crippen LogP contribution in [-0.4, -0.2) is 63.7 Å². The summed E-state index contributed by atoms with van der Waals surface area (Å²) in [6.07, 6.45) is 0.424. The Balaban J connectivity index is 1.71. The van der Waals surface area contributed by atoms with Crippen LogP contribution < -0.4 is 14.8 Å². The normalized spacial score (nSPS) is 12.8. The molecule has 3 aromatic rings. The van der Waals surface area contributed by atoms with E-state index in [9.17, 15) is 18.3 Å². The van der Waals surface area contributed by atoms with Gasteiger partial charge >= 0.3 is 0 Å². The zero-order chi connectivity index (χ0) is 24.9. The Morgan fingerprint density at radius 3 is 2.47 bits per heavy atom. The SMILES string of the molecule is COc1ccc(S(=O)(=O)N(CC(C)C)C[C@@H](O)CNC(=O)c2ccc3occc3c2)cc1OC. The number of sulfonamides is 1. The van der Waals surface area contributed by atoms with Gasteiger partial charge in [0, 0.05) is 36.7 Å². The van der Waals surface area contributed by atoms with Gasteiger partial charge in [-0.1, -0.05) is 13.8 Å². The maximum atomic E-state index is 13.4. The molecule has 3 rings (SSSR count). The number of fused-ring (bicyclic) bond motifs is 1. The summed E-state index contributed by atoms with van der Waals surface area (Å²) in [5.41, 5.74) is 1.08. The number of rotatable bonds is 11. The van der Waals surface area contributed by atoms with E-state index >= 15 is 0 Å². The lowest BCUT2D eigenvalue weighted by molar-refractivity contribution is 0.0899. The number of methoxy groups -OCH3 is 2. The third-order valence-electron chi connectivity index (χ3n) is 5.19. The lowest BCUT2D eigenvalue weighted by Crippen LogP contribution is -2.44. The predicted molar refractivity (Wildman–Crippen MR) is 128 cm³/mol. The molecule has 0 aliphatic heterocycles. The molecule has 2 aromatic carbocycles. The van der Waals surface area contributed by atoms with Gasteiger partial charge in [0.1, 0.15) is 5.58 Å². The summed E-state index contributed by atoms with van der Waals surface area (Å²) in [5, 5.41) is 14.0. The molecule has 1 heterocycles. The van der Waals surface area contributed by atoms with E-state index in [0.29, 0.717) is 16.9 Å². The van der Waals surface area contributed by atoms with E-state index in [1.807, 2.05) is 13.8 Å². The van der Waals surface area contributed by atoms with Crippen molar-refractivity contribution in [1.29, 1.82) is 0 Å². The summed E-state index contributed by atoms with van der Waals surface area (Å²) < 4.78 is 43.6. The summed E-state index contributed by atoms with van der Waals surface area (Å²) >= 11 is 0. The summed E-state index contributed by atoms with van der Waals surface area (Å²) in [5.74, 6) is 0.336. The largest absolute Gasteiger partial charge is 0.493 e.